The molecule has 6 heteroatoms. The lowest BCUT2D eigenvalue weighted by Crippen LogP contribution is -2.04. The van der Waals surface area contributed by atoms with Crippen molar-refractivity contribution in [2.24, 2.45) is 0 Å². The molecule has 0 N–H and O–H groups in total. The van der Waals surface area contributed by atoms with Crippen molar-refractivity contribution in [3.63, 3.8) is 0 Å². The van der Waals surface area contributed by atoms with E-state index in [1.165, 1.54) is 11.3 Å². The van der Waals surface area contributed by atoms with Crippen LogP contribution in [0.5, 0.6) is 0 Å². The minimum absolute atomic E-state index is 0.450. The molecule has 0 amide bonds. The number of ether oxygens (including phenoxy) is 2. The predicted octanol–water partition coefficient (Wildman–Crippen LogP) is 2.13. The van der Waals surface area contributed by atoms with Crippen LogP contribution in [0.3, 0.4) is 0 Å². The van der Waals surface area contributed by atoms with Crippen molar-refractivity contribution >= 4 is 22.9 Å². The first-order chi connectivity index (χ1) is 6.83. The summed E-state index contributed by atoms with van der Waals surface area (Å²) in [5.74, 6) is 0. The number of nitrogens with zero attached hydrogens (tertiary/aromatic N) is 2. The fourth-order valence-corrected chi connectivity index (χ4v) is 1.62. The lowest BCUT2D eigenvalue weighted by Gasteiger charge is -2.02. The molecule has 0 aliphatic heterocycles. The number of hydrogen-bond donors (Lipinski definition) is 0. The molecule has 0 saturated heterocycles. The van der Waals surface area contributed by atoms with E-state index in [1.54, 1.807) is 0 Å². The smallest absolute Gasteiger partial charge is 0.207 e. The fourth-order valence-electron chi connectivity index (χ4n) is 0.815. The highest BCUT2D eigenvalue weighted by molar-refractivity contribution is 7.15. The molecule has 1 heterocycles. The Balaban J connectivity index is 1.99. The second-order valence-electron chi connectivity index (χ2n) is 2.61. The zero-order valence-corrected chi connectivity index (χ0v) is 9.61. The van der Waals surface area contributed by atoms with E-state index < -0.39 is 0 Å². The van der Waals surface area contributed by atoms with Crippen LogP contribution < -0.4 is 0 Å². The summed E-state index contributed by atoms with van der Waals surface area (Å²) in [6.07, 6.45) is 1.03. The highest BCUT2D eigenvalue weighted by Crippen LogP contribution is 2.15. The van der Waals surface area contributed by atoms with Crippen LogP contribution in [-0.4, -0.2) is 30.0 Å². The Bertz CT molecular complexity index is 257. The molecule has 0 bridgehead atoms. The maximum absolute atomic E-state index is 5.61. The third-order valence-corrected chi connectivity index (χ3v) is 2.38. The fraction of sp³-hybridized carbons (Fsp3) is 0.750. The summed E-state index contributed by atoms with van der Waals surface area (Å²) in [5.41, 5.74) is 0. The third kappa shape index (κ3) is 4.85. The summed E-state index contributed by atoms with van der Waals surface area (Å²) in [7, 11) is 0. The third-order valence-electron chi connectivity index (χ3n) is 1.39. The first-order valence-electron chi connectivity index (χ1n) is 4.46. The average Bonchev–Trinajstić information content (AvgIpc) is 2.58. The van der Waals surface area contributed by atoms with Crippen LogP contribution in [0.15, 0.2) is 0 Å². The number of halogens is 1. The molecular weight excluding hydrogens is 224 g/mol. The molecule has 0 spiro atoms. The van der Waals surface area contributed by atoms with Crippen molar-refractivity contribution in [1.82, 2.24) is 10.2 Å². The Labute approximate surface area is 92.2 Å². The Morgan fingerprint density at radius 2 is 2.00 bits per heavy atom. The van der Waals surface area contributed by atoms with E-state index in [1.807, 2.05) is 0 Å². The highest BCUT2D eigenvalue weighted by atomic mass is 35.5. The number of aromatic nitrogens is 2. The van der Waals surface area contributed by atoms with Gasteiger partial charge in [-0.15, -0.1) is 10.2 Å². The highest BCUT2D eigenvalue weighted by Gasteiger charge is 2.00. The van der Waals surface area contributed by atoms with Gasteiger partial charge in [0, 0.05) is 6.61 Å². The summed E-state index contributed by atoms with van der Waals surface area (Å²) >= 11 is 6.94. The van der Waals surface area contributed by atoms with E-state index in [0.717, 1.165) is 18.0 Å². The maximum atomic E-state index is 5.61. The Morgan fingerprint density at radius 3 is 2.64 bits per heavy atom. The first kappa shape index (κ1) is 11.8. The predicted molar refractivity (Wildman–Crippen MR) is 55.7 cm³/mol. The van der Waals surface area contributed by atoms with Gasteiger partial charge in [-0.1, -0.05) is 18.3 Å². The van der Waals surface area contributed by atoms with Crippen LogP contribution >= 0.6 is 22.9 Å². The molecule has 4 nitrogen and oxygen atoms in total. The topological polar surface area (TPSA) is 44.2 Å². The van der Waals surface area contributed by atoms with E-state index in [0.29, 0.717) is 24.3 Å². The molecule has 0 aromatic carbocycles. The Hall–Kier alpha value is -0.230. The van der Waals surface area contributed by atoms with Gasteiger partial charge in [-0.05, 0) is 18.0 Å². The molecule has 14 heavy (non-hydrogen) atoms. The van der Waals surface area contributed by atoms with Gasteiger partial charge in [0.2, 0.25) is 4.47 Å². The van der Waals surface area contributed by atoms with Crippen LogP contribution in [-0.2, 0) is 16.1 Å². The Kier molecular flexibility index (Phi) is 6.02. The van der Waals surface area contributed by atoms with Crippen LogP contribution in [0.1, 0.15) is 18.4 Å². The molecule has 0 aliphatic rings. The van der Waals surface area contributed by atoms with Gasteiger partial charge < -0.3 is 9.47 Å². The standard InChI is InChI=1S/C8H13ClN2O2S/c1-2-3-12-4-5-13-6-7-10-11-8(9)14-7/h2-6H2,1H3. The van der Waals surface area contributed by atoms with Crippen molar-refractivity contribution in [3.05, 3.63) is 9.47 Å². The lowest BCUT2D eigenvalue weighted by molar-refractivity contribution is 0.0406. The van der Waals surface area contributed by atoms with Crippen LogP contribution in [0.2, 0.25) is 4.47 Å². The van der Waals surface area contributed by atoms with Crippen molar-refractivity contribution in [2.45, 2.75) is 20.0 Å². The van der Waals surface area contributed by atoms with Crippen LogP contribution in [0.4, 0.5) is 0 Å². The SMILES string of the molecule is CCCOCCOCc1nnc(Cl)s1. The quantitative estimate of drug-likeness (QED) is 0.681. The lowest BCUT2D eigenvalue weighted by atomic mass is 10.5. The second kappa shape index (κ2) is 7.11. The van der Waals surface area contributed by atoms with Gasteiger partial charge >= 0.3 is 0 Å². The molecule has 1 rings (SSSR count). The van der Waals surface area contributed by atoms with E-state index in [9.17, 15) is 0 Å². The van der Waals surface area contributed by atoms with Crippen LogP contribution in [0.25, 0.3) is 0 Å². The molecule has 0 aliphatic carbocycles. The largest absolute Gasteiger partial charge is 0.379 e. The van der Waals surface area contributed by atoms with E-state index in [-0.39, 0.29) is 0 Å². The van der Waals surface area contributed by atoms with Gasteiger partial charge in [-0.3, -0.25) is 0 Å². The minimum atomic E-state index is 0.450. The van der Waals surface area contributed by atoms with Crippen molar-refractivity contribution < 1.29 is 9.47 Å². The first-order valence-corrected chi connectivity index (χ1v) is 5.65. The molecule has 0 atom stereocenters. The zero-order chi connectivity index (χ0) is 10.2. The summed E-state index contributed by atoms with van der Waals surface area (Å²) in [6.45, 7) is 4.52. The van der Waals surface area contributed by atoms with Crippen LogP contribution in [0, 0.1) is 0 Å². The average molecular weight is 237 g/mol. The summed E-state index contributed by atoms with van der Waals surface area (Å²) in [6, 6.07) is 0. The van der Waals surface area contributed by atoms with Gasteiger partial charge in [-0.2, -0.15) is 0 Å². The molecule has 1 aromatic rings. The molecule has 0 saturated carbocycles. The monoisotopic (exact) mass is 236 g/mol. The molecule has 0 fully saturated rings. The normalized spacial score (nSPS) is 10.7. The molecule has 80 valence electrons. The van der Waals surface area contributed by atoms with Gasteiger partial charge in [0.15, 0.2) is 0 Å². The molecule has 0 unspecified atom stereocenters. The summed E-state index contributed by atoms with van der Waals surface area (Å²) < 4.78 is 11.0. The molecule has 0 radical (unpaired) electrons. The molecular formula is C8H13ClN2O2S. The Morgan fingerprint density at radius 1 is 1.21 bits per heavy atom. The number of rotatable bonds is 7. The van der Waals surface area contributed by atoms with Crippen molar-refractivity contribution in [2.75, 3.05) is 19.8 Å². The van der Waals surface area contributed by atoms with Gasteiger partial charge in [-0.25, -0.2) is 0 Å². The minimum Gasteiger partial charge on any atom is -0.379 e. The van der Waals surface area contributed by atoms with Crippen molar-refractivity contribution in [3.8, 4) is 0 Å². The van der Waals surface area contributed by atoms with Gasteiger partial charge in [0.05, 0.1) is 13.2 Å². The maximum Gasteiger partial charge on any atom is 0.207 e. The van der Waals surface area contributed by atoms with Gasteiger partial charge in [0.1, 0.15) is 11.6 Å². The second-order valence-corrected chi connectivity index (χ2v) is 4.26. The zero-order valence-electron chi connectivity index (χ0n) is 8.03. The number of hydrogen-bond acceptors (Lipinski definition) is 5. The summed E-state index contributed by atoms with van der Waals surface area (Å²) in [5, 5.41) is 8.28. The van der Waals surface area contributed by atoms with Crippen molar-refractivity contribution in [1.29, 1.82) is 0 Å². The molecule has 1 aromatic heterocycles. The van der Waals surface area contributed by atoms with Gasteiger partial charge in [0.25, 0.3) is 0 Å². The van der Waals surface area contributed by atoms with E-state index in [2.05, 4.69) is 17.1 Å². The summed E-state index contributed by atoms with van der Waals surface area (Å²) in [4.78, 5) is 0. The van der Waals surface area contributed by atoms with E-state index >= 15 is 0 Å². The van der Waals surface area contributed by atoms with E-state index in [4.69, 9.17) is 21.1 Å².